The number of ether oxygens (including phenoxy) is 1. The Balaban J connectivity index is 0. The van der Waals surface area contributed by atoms with E-state index in [9.17, 15) is 28.0 Å². The maximum absolute atomic E-state index is 10.3. The van der Waals surface area contributed by atoms with Crippen LogP contribution in [0.25, 0.3) is 0 Å². The number of carbonyl (C=O) groups is 1. The molecule has 1 N–H and O–H groups in total. The summed E-state index contributed by atoms with van der Waals surface area (Å²) in [5.41, 5.74) is 0. The quantitative estimate of drug-likeness (QED) is 0.306. The average molecular weight is 284 g/mol. The molecular weight excluding hydrogens is 278 g/mol. The molecule has 1 aliphatic heterocycles. The van der Waals surface area contributed by atoms with E-state index in [2.05, 4.69) is 8.92 Å². The Hall–Kier alpha value is 0.840. The van der Waals surface area contributed by atoms with Gasteiger partial charge >= 0.3 is 59.1 Å². The van der Waals surface area contributed by atoms with E-state index in [1.807, 2.05) is 0 Å². The van der Waals surface area contributed by atoms with Crippen molar-refractivity contribution in [3.8, 4) is 0 Å². The van der Waals surface area contributed by atoms with Crippen molar-refractivity contribution in [3.63, 3.8) is 0 Å². The van der Waals surface area contributed by atoms with E-state index in [0.717, 1.165) is 0 Å². The van der Waals surface area contributed by atoms with Gasteiger partial charge in [0.2, 0.25) is 10.4 Å². The molecule has 0 fully saturated rings. The summed E-state index contributed by atoms with van der Waals surface area (Å²) in [7, 11) is -4.98. The number of hydrogen-bond acceptors (Lipinski definition) is 8. The summed E-state index contributed by atoms with van der Waals surface area (Å²) in [5.74, 6) is -2.29. The molecule has 0 saturated heterocycles. The summed E-state index contributed by atoms with van der Waals surface area (Å²) in [4.78, 5) is 10.3. The molecule has 0 aromatic rings. The van der Waals surface area contributed by atoms with Crippen molar-refractivity contribution in [2.24, 2.45) is 0 Å². The average Bonchev–Trinajstić information content (AvgIpc) is 2.05. The van der Waals surface area contributed by atoms with Gasteiger partial charge in [0, 0.05) is 0 Å². The zero-order valence-corrected chi connectivity index (χ0v) is 14.0. The Morgan fingerprint density at radius 2 is 2.06 bits per heavy atom. The molecule has 0 amide bonds. The van der Waals surface area contributed by atoms with Crippen LogP contribution in [0, 0.1) is 0 Å². The summed E-state index contributed by atoms with van der Waals surface area (Å²) < 4.78 is 38.9. The van der Waals surface area contributed by atoms with Gasteiger partial charge in [0.05, 0.1) is 0 Å². The van der Waals surface area contributed by atoms with Gasteiger partial charge in [0.15, 0.2) is 0 Å². The van der Waals surface area contributed by atoms with E-state index < -0.39 is 40.9 Å². The van der Waals surface area contributed by atoms with E-state index in [1.165, 1.54) is 0 Å². The number of rotatable bonds is 3. The van der Waals surface area contributed by atoms with Gasteiger partial charge in [0.1, 0.15) is 30.5 Å². The number of aliphatic hydroxyl groups is 1. The van der Waals surface area contributed by atoms with Gasteiger partial charge in [0.25, 0.3) is 0 Å². The summed E-state index contributed by atoms with van der Waals surface area (Å²) in [5, 5.41) is 19.4. The molecule has 8 nitrogen and oxygen atoms in total. The topological polar surface area (TPSA) is 136 Å². The van der Waals surface area contributed by atoms with Crippen LogP contribution in [0.2, 0.25) is 0 Å². The Bertz CT molecular complexity index is 391. The number of aliphatic hydroxyl groups excluding tert-OH is 1. The Labute approximate surface area is 142 Å². The largest absolute Gasteiger partial charge is 1.00 e. The molecule has 0 saturated carbocycles. The second-order valence-corrected chi connectivity index (χ2v) is 3.67. The third kappa shape index (κ3) is 7.11. The van der Waals surface area contributed by atoms with E-state index in [4.69, 9.17) is 0 Å². The van der Waals surface area contributed by atoms with Crippen LogP contribution < -0.4 is 64.2 Å². The first-order valence-corrected chi connectivity index (χ1v) is 5.01. The predicted octanol–water partition coefficient (Wildman–Crippen LogP) is -9.14. The SMILES string of the molecule is O=C([O-])C1=C[C@H](O)C(OS(=O)(=O)[O-])CO1.[Na+].[Na+]. The molecule has 1 heterocycles. The first-order chi connectivity index (χ1) is 6.79. The molecule has 1 unspecified atom stereocenters. The van der Waals surface area contributed by atoms with Crippen LogP contribution >= 0.6 is 0 Å². The molecule has 0 aliphatic carbocycles. The maximum atomic E-state index is 10.3. The van der Waals surface area contributed by atoms with E-state index >= 15 is 0 Å². The van der Waals surface area contributed by atoms with Crippen LogP contribution in [0.4, 0.5) is 0 Å². The number of aliphatic carboxylic acids is 1. The van der Waals surface area contributed by atoms with Crippen LogP contribution in [0.5, 0.6) is 0 Å². The van der Waals surface area contributed by atoms with Crippen LogP contribution in [-0.4, -0.2) is 42.9 Å². The molecule has 0 aromatic heterocycles. The van der Waals surface area contributed by atoms with E-state index in [-0.39, 0.29) is 59.1 Å². The van der Waals surface area contributed by atoms with Crippen molar-refractivity contribution in [2.75, 3.05) is 6.61 Å². The molecule has 0 spiro atoms. The molecule has 0 radical (unpaired) electrons. The van der Waals surface area contributed by atoms with Crippen LogP contribution in [0.3, 0.4) is 0 Å². The van der Waals surface area contributed by atoms with Crippen molar-refractivity contribution in [1.82, 2.24) is 0 Å². The summed E-state index contributed by atoms with van der Waals surface area (Å²) >= 11 is 0. The van der Waals surface area contributed by atoms with Crippen molar-refractivity contribution < 1.29 is 96.0 Å². The number of carbonyl (C=O) groups excluding carboxylic acids is 1. The summed E-state index contributed by atoms with van der Waals surface area (Å²) in [6, 6.07) is 0. The Kier molecular flexibility index (Phi) is 9.61. The standard InChI is InChI=1S/C6H8O8S.2Na/c7-3-1-4(6(8)9)13-2-5(3)14-15(10,11)12;;/h1,3,5,7H,2H2,(H,8,9)(H,10,11,12);;/q;2*+1/p-2/t3-,5?;;/m0../s1. The fraction of sp³-hybridized carbons (Fsp3) is 0.500. The zero-order chi connectivity index (χ0) is 11.6. The number of carboxylic acid groups (broad SMARTS) is 1. The van der Waals surface area contributed by atoms with Gasteiger partial charge < -0.3 is 24.3 Å². The minimum absolute atomic E-state index is 0. The predicted molar refractivity (Wildman–Crippen MR) is 39.6 cm³/mol. The zero-order valence-electron chi connectivity index (χ0n) is 9.15. The second kappa shape index (κ2) is 8.10. The van der Waals surface area contributed by atoms with E-state index in [1.54, 1.807) is 0 Å². The fourth-order valence-electron chi connectivity index (χ4n) is 0.944. The first-order valence-electron chi connectivity index (χ1n) is 3.68. The monoisotopic (exact) mass is 284 g/mol. The van der Waals surface area contributed by atoms with Gasteiger partial charge in [-0.3, -0.25) is 4.18 Å². The molecule has 0 bridgehead atoms. The third-order valence-electron chi connectivity index (χ3n) is 1.55. The van der Waals surface area contributed by atoms with Crippen molar-refractivity contribution in [1.29, 1.82) is 0 Å². The summed E-state index contributed by atoms with van der Waals surface area (Å²) in [6.07, 6.45) is -2.32. The Morgan fingerprint density at radius 3 is 2.41 bits per heavy atom. The third-order valence-corrected chi connectivity index (χ3v) is 2.03. The summed E-state index contributed by atoms with van der Waals surface area (Å²) in [6.45, 7) is -0.567. The van der Waals surface area contributed by atoms with E-state index in [0.29, 0.717) is 6.08 Å². The molecule has 17 heavy (non-hydrogen) atoms. The first kappa shape index (κ1) is 20.2. The van der Waals surface area contributed by atoms with Gasteiger partial charge in [-0.1, -0.05) is 0 Å². The van der Waals surface area contributed by atoms with Gasteiger partial charge in [-0.25, -0.2) is 8.42 Å². The van der Waals surface area contributed by atoms with Gasteiger partial charge in [-0.2, -0.15) is 0 Å². The molecule has 1 rings (SSSR count). The van der Waals surface area contributed by atoms with Crippen molar-refractivity contribution in [3.05, 3.63) is 11.8 Å². The molecule has 11 heteroatoms. The number of hydrogen-bond donors (Lipinski definition) is 1. The van der Waals surface area contributed by atoms with Crippen molar-refractivity contribution >= 4 is 16.4 Å². The molecule has 1 aliphatic rings. The Morgan fingerprint density at radius 1 is 1.53 bits per heavy atom. The van der Waals surface area contributed by atoms with Crippen LogP contribution in [-0.2, 0) is 24.1 Å². The smallest absolute Gasteiger partial charge is 0.726 e. The minimum Gasteiger partial charge on any atom is -0.726 e. The number of carboxylic acids is 1. The van der Waals surface area contributed by atoms with Gasteiger partial charge in [-0.05, 0) is 6.08 Å². The fourth-order valence-corrected chi connectivity index (χ4v) is 1.42. The van der Waals surface area contributed by atoms with Gasteiger partial charge in [-0.15, -0.1) is 0 Å². The molecule has 2 atom stereocenters. The molecule has 0 aromatic carbocycles. The normalized spacial score (nSPS) is 23.5. The maximum Gasteiger partial charge on any atom is 1.00 e. The minimum atomic E-state index is -4.98. The van der Waals surface area contributed by atoms with Crippen LogP contribution in [0.15, 0.2) is 11.8 Å². The second-order valence-electron chi connectivity index (χ2n) is 2.66. The molecular formula is C6H6Na2O8S. The van der Waals surface area contributed by atoms with Crippen molar-refractivity contribution in [2.45, 2.75) is 12.2 Å². The molecule has 86 valence electrons. The van der Waals surface area contributed by atoms with Crippen LogP contribution in [0.1, 0.15) is 0 Å².